The Morgan fingerprint density at radius 2 is 1.80 bits per heavy atom. The molecule has 2 heterocycles. The molecule has 5 rings (SSSR count). The van der Waals surface area contributed by atoms with Crippen LogP contribution in [0.2, 0.25) is 10.0 Å². The molecule has 2 aromatic rings. The lowest BCUT2D eigenvalue weighted by Crippen LogP contribution is -2.55. The van der Waals surface area contributed by atoms with Crippen molar-refractivity contribution < 1.29 is 14.3 Å². The summed E-state index contributed by atoms with van der Waals surface area (Å²) < 4.78 is 12.0. The van der Waals surface area contributed by atoms with Crippen LogP contribution in [-0.2, 0) is 14.3 Å². The predicted octanol–water partition coefficient (Wildman–Crippen LogP) is 7.32. The van der Waals surface area contributed by atoms with Crippen molar-refractivity contribution in [1.82, 2.24) is 4.90 Å². The van der Waals surface area contributed by atoms with Crippen LogP contribution in [0.4, 0.5) is 0 Å². The number of allylic oxidation sites excluding steroid dienone is 1. The van der Waals surface area contributed by atoms with E-state index in [2.05, 4.69) is 42.2 Å². The van der Waals surface area contributed by atoms with Crippen LogP contribution in [0.1, 0.15) is 69.5 Å². The molecule has 186 valence electrons. The van der Waals surface area contributed by atoms with Gasteiger partial charge in [-0.25, -0.2) is 0 Å². The Morgan fingerprint density at radius 1 is 1.03 bits per heavy atom. The fourth-order valence-electron chi connectivity index (χ4n) is 6.15. The summed E-state index contributed by atoms with van der Waals surface area (Å²) in [5.41, 5.74) is 1.64. The first kappa shape index (κ1) is 24.8. The van der Waals surface area contributed by atoms with Crippen molar-refractivity contribution in [3.8, 4) is 0 Å². The van der Waals surface area contributed by atoms with Crippen molar-refractivity contribution in [1.29, 1.82) is 0 Å². The number of rotatable bonds is 5. The maximum atomic E-state index is 14.4. The molecular weight excluding hydrogens is 481 g/mol. The summed E-state index contributed by atoms with van der Waals surface area (Å²) in [4.78, 5) is 16.6. The SMILES string of the molecule is CC1(C)OCC(C[C@@]2(C)C[C@H](c3cccc(Cl)c3)[C@@H](c3ccc(Cl)cc3)N(C3C=CCC3)C2=O)O1. The van der Waals surface area contributed by atoms with E-state index in [0.717, 1.165) is 24.0 Å². The molecule has 2 saturated heterocycles. The molecule has 0 saturated carbocycles. The maximum Gasteiger partial charge on any atom is 0.229 e. The first-order valence-corrected chi connectivity index (χ1v) is 13.2. The van der Waals surface area contributed by atoms with Gasteiger partial charge in [0.25, 0.3) is 0 Å². The van der Waals surface area contributed by atoms with Gasteiger partial charge in [-0.3, -0.25) is 4.79 Å². The third kappa shape index (κ3) is 5.04. The monoisotopic (exact) mass is 513 g/mol. The Hall–Kier alpha value is -1.85. The topological polar surface area (TPSA) is 38.8 Å². The zero-order chi connectivity index (χ0) is 24.8. The third-order valence-electron chi connectivity index (χ3n) is 7.68. The number of amides is 1. The summed E-state index contributed by atoms with van der Waals surface area (Å²) in [6.45, 7) is 6.46. The number of hydrogen-bond acceptors (Lipinski definition) is 3. The lowest BCUT2D eigenvalue weighted by atomic mass is 9.66. The van der Waals surface area contributed by atoms with Gasteiger partial charge in [-0.1, -0.05) is 66.5 Å². The van der Waals surface area contributed by atoms with Gasteiger partial charge < -0.3 is 14.4 Å². The number of hydrogen-bond donors (Lipinski definition) is 0. The van der Waals surface area contributed by atoms with Crippen LogP contribution in [-0.4, -0.2) is 35.3 Å². The number of likely N-dealkylation sites (tertiary alicyclic amines) is 1. The number of benzene rings is 2. The lowest BCUT2D eigenvalue weighted by Gasteiger charge is -2.52. The van der Waals surface area contributed by atoms with Gasteiger partial charge in [0.2, 0.25) is 5.91 Å². The standard InChI is InChI=1S/C29H33Cl2NO3/c1-28(2)34-18-24(35-28)16-29(3)17-25(20-7-6-8-22(31)15-20)26(19-11-13-21(30)14-12-19)32(27(29)33)23-9-4-5-10-23/h4,6-9,11-15,23-26H,5,10,16-18H2,1-3H3/t23?,24?,25-,26-,29+/m1/s1. The van der Waals surface area contributed by atoms with Crippen LogP contribution < -0.4 is 0 Å². The molecule has 4 nitrogen and oxygen atoms in total. The molecule has 0 bridgehead atoms. The predicted molar refractivity (Wildman–Crippen MR) is 140 cm³/mol. The van der Waals surface area contributed by atoms with Gasteiger partial charge in [-0.2, -0.15) is 0 Å². The second-order valence-electron chi connectivity index (χ2n) is 10.9. The molecular formula is C29H33Cl2NO3. The first-order chi connectivity index (χ1) is 16.7. The summed E-state index contributed by atoms with van der Waals surface area (Å²) in [6, 6.07) is 16.0. The second-order valence-corrected chi connectivity index (χ2v) is 11.7. The van der Waals surface area contributed by atoms with Crippen LogP contribution in [0.25, 0.3) is 0 Å². The number of ether oxygens (including phenoxy) is 2. The van der Waals surface area contributed by atoms with Gasteiger partial charge in [-0.05, 0) is 74.9 Å². The van der Waals surface area contributed by atoms with E-state index in [0.29, 0.717) is 29.5 Å². The Labute approximate surface area is 218 Å². The van der Waals surface area contributed by atoms with Crippen LogP contribution >= 0.6 is 23.2 Å². The molecule has 2 fully saturated rings. The fraction of sp³-hybridized carbons (Fsp3) is 0.483. The summed E-state index contributed by atoms with van der Waals surface area (Å²) in [5.74, 6) is -0.368. The Morgan fingerprint density at radius 3 is 2.43 bits per heavy atom. The molecule has 3 aliphatic rings. The maximum absolute atomic E-state index is 14.4. The van der Waals surface area contributed by atoms with Gasteiger partial charge in [0.1, 0.15) is 0 Å². The number of carbonyl (C=O) groups is 1. The van der Waals surface area contributed by atoms with Crippen molar-refractivity contribution in [2.45, 2.75) is 76.3 Å². The Kier molecular flexibility index (Phi) is 6.78. The van der Waals surface area contributed by atoms with Gasteiger partial charge in [0.05, 0.1) is 24.8 Å². The van der Waals surface area contributed by atoms with Crippen molar-refractivity contribution in [2.24, 2.45) is 5.41 Å². The minimum Gasteiger partial charge on any atom is -0.348 e. The highest BCUT2D eigenvalue weighted by Gasteiger charge is 2.53. The van der Waals surface area contributed by atoms with E-state index in [1.54, 1.807) is 0 Å². The van der Waals surface area contributed by atoms with Gasteiger partial charge in [0, 0.05) is 21.4 Å². The first-order valence-electron chi connectivity index (χ1n) is 12.5. The molecule has 0 radical (unpaired) electrons. The molecule has 1 amide bonds. The molecule has 6 heteroatoms. The van der Waals surface area contributed by atoms with Crippen LogP contribution in [0.5, 0.6) is 0 Å². The number of carbonyl (C=O) groups excluding carboxylic acids is 1. The van der Waals surface area contributed by atoms with Crippen LogP contribution in [0, 0.1) is 5.41 Å². The van der Waals surface area contributed by atoms with Crippen molar-refractivity contribution in [2.75, 3.05) is 6.61 Å². The van der Waals surface area contributed by atoms with Crippen LogP contribution in [0.3, 0.4) is 0 Å². The van der Waals surface area contributed by atoms with Crippen molar-refractivity contribution >= 4 is 29.1 Å². The number of halogens is 2. The molecule has 1 aliphatic carbocycles. The van der Waals surface area contributed by atoms with Crippen molar-refractivity contribution in [3.05, 3.63) is 81.9 Å². The largest absolute Gasteiger partial charge is 0.348 e. The average Bonchev–Trinajstić information content (AvgIpc) is 3.45. The zero-order valence-corrected chi connectivity index (χ0v) is 22.1. The molecule has 2 unspecified atom stereocenters. The average molecular weight is 514 g/mol. The highest BCUT2D eigenvalue weighted by molar-refractivity contribution is 6.30. The van der Waals surface area contributed by atoms with Crippen LogP contribution in [0.15, 0.2) is 60.7 Å². The second kappa shape index (κ2) is 9.55. The highest BCUT2D eigenvalue weighted by Crippen LogP contribution is 2.53. The van der Waals surface area contributed by atoms with E-state index >= 15 is 0 Å². The minimum atomic E-state index is -0.620. The smallest absolute Gasteiger partial charge is 0.229 e. The van der Waals surface area contributed by atoms with E-state index in [9.17, 15) is 4.79 Å². The molecule has 2 aliphatic heterocycles. The zero-order valence-electron chi connectivity index (χ0n) is 20.5. The Balaban J connectivity index is 1.60. The molecule has 0 spiro atoms. The van der Waals surface area contributed by atoms with E-state index in [-0.39, 0.29) is 30.0 Å². The van der Waals surface area contributed by atoms with Gasteiger partial charge >= 0.3 is 0 Å². The van der Waals surface area contributed by atoms with E-state index in [1.807, 2.05) is 44.2 Å². The third-order valence-corrected chi connectivity index (χ3v) is 8.17. The van der Waals surface area contributed by atoms with Crippen molar-refractivity contribution in [3.63, 3.8) is 0 Å². The van der Waals surface area contributed by atoms with E-state index in [1.165, 1.54) is 0 Å². The minimum absolute atomic E-state index is 0.0571. The summed E-state index contributed by atoms with van der Waals surface area (Å²) in [7, 11) is 0. The fourth-order valence-corrected chi connectivity index (χ4v) is 6.47. The lowest BCUT2D eigenvalue weighted by molar-refractivity contribution is -0.161. The normalized spacial score (nSPS) is 32.4. The molecule has 0 N–H and O–H groups in total. The quantitative estimate of drug-likeness (QED) is 0.393. The molecule has 0 aromatic heterocycles. The van der Waals surface area contributed by atoms with E-state index in [4.69, 9.17) is 32.7 Å². The highest BCUT2D eigenvalue weighted by atomic mass is 35.5. The summed E-state index contributed by atoms with van der Waals surface area (Å²) in [6.07, 6.45) is 7.50. The molecule has 5 atom stereocenters. The molecule has 35 heavy (non-hydrogen) atoms. The number of piperidine rings is 1. The van der Waals surface area contributed by atoms with E-state index < -0.39 is 11.2 Å². The number of nitrogens with zero attached hydrogens (tertiary/aromatic N) is 1. The Bertz CT molecular complexity index is 1120. The van der Waals surface area contributed by atoms with Gasteiger partial charge in [0.15, 0.2) is 5.79 Å². The van der Waals surface area contributed by atoms with Gasteiger partial charge in [-0.15, -0.1) is 0 Å². The summed E-state index contributed by atoms with van der Waals surface area (Å²) in [5, 5.41) is 1.39. The summed E-state index contributed by atoms with van der Waals surface area (Å²) >= 11 is 12.7. The molecule has 2 aromatic carbocycles.